The Hall–Kier alpha value is 0.367. The second-order valence-electron chi connectivity index (χ2n) is 11.1. The molecule has 4 heteroatoms. The summed E-state index contributed by atoms with van der Waals surface area (Å²) in [4.78, 5) is 0. The first-order valence-electron chi connectivity index (χ1n) is 14.3. The van der Waals surface area contributed by atoms with Crippen LogP contribution in [0.15, 0.2) is 36.4 Å². The first-order valence-corrected chi connectivity index (χ1v) is 15.6. The Morgan fingerprint density at radius 2 is 1.00 bits per heavy atom. The molecule has 0 unspecified atom stereocenters. The monoisotopic (exact) mass is 715 g/mol. The third-order valence-electron chi connectivity index (χ3n) is 7.68. The van der Waals surface area contributed by atoms with E-state index >= 15 is 0 Å². The molecule has 2 aromatic rings. The Labute approximate surface area is 258 Å². The van der Waals surface area contributed by atoms with Crippen LogP contribution in [0.1, 0.15) is 140 Å². The molecule has 36 heavy (non-hydrogen) atoms. The standard InChI is InChI=1S/C12H23Si.2C10H15.2ClH.Hf/c1-3-7-11(8-4-1)13-12-9-5-2-6-10-12;2*1-4-9-5-6-10(7-9)8(2)3;;;/h11-13H,1-10H2;2*5-8H,4H2,1-3H3;2*1H;/q;2*-1;;;+4/p-2. The number of rotatable bonds is 6. The molecule has 0 nitrogen and oxygen atoms in total. The molecular weight excluding hydrogens is 662 g/mol. The van der Waals surface area contributed by atoms with Crippen LogP contribution in [0.5, 0.6) is 0 Å². The van der Waals surface area contributed by atoms with Crippen molar-refractivity contribution in [2.45, 2.75) is 142 Å². The van der Waals surface area contributed by atoms with E-state index < -0.39 is 0 Å². The van der Waals surface area contributed by atoms with Crippen LogP contribution in [0.25, 0.3) is 0 Å². The van der Waals surface area contributed by atoms with Crippen molar-refractivity contribution >= 4 is 9.52 Å². The van der Waals surface area contributed by atoms with E-state index in [9.17, 15) is 0 Å². The second-order valence-corrected chi connectivity index (χ2v) is 13.4. The maximum atomic E-state index is 2.30. The fraction of sp³-hybridized carbons (Fsp3) is 0.688. The summed E-state index contributed by atoms with van der Waals surface area (Å²) in [7, 11) is 0.825. The summed E-state index contributed by atoms with van der Waals surface area (Å²) in [6, 6.07) is 13.5. The smallest absolute Gasteiger partial charge is 1.00 e. The molecular formula is C32H53Cl2HfSi. The molecule has 0 bridgehead atoms. The number of aryl methyl sites for hydroxylation is 2. The van der Waals surface area contributed by atoms with Gasteiger partial charge in [0.05, 0.1) is 0 Å². The van der Waals surface area contributed by atoms with Gasteiger partial charge in [-0.2, -0.15) is 46.5 Å². The molecule has 0 N–H and O–H groups in total. The topological polar surface area (TPSA) is 0 Å². The van der Waals surface area contributed by atoms with Crippen LogP contribution in [0.3, 0.4) is 0 Å². The molecule has 0 spiro atoms. The van der Waals surface area contributed by atoms with Gasteiger partial charge >= 0.3 is 25.8 Å². The molecule has 2 aliphatic carbocycles. The minimum absolute atomic E-state index is 0. The van der Waals surface area contributed by atoms with Crippen molar-refractivity contribution in [3.8, 4) is 0 Å². The minimum Gasteiger partial charge on any atom is -1.00 e. The Bertz CT molecular complexity index is 675. The fourth-order valence-electron chi connectivity index (χ4n) is 5.22. The summed E-state index contributed by atoms with van der Waals surface area (Å²) in [5.74, 6) is 1.36. The quantitative estimate of drug-likeness (QED) is 0.313. The normalized spacial score (nSPS) is 16.0. The summed E-state index contributed by atoms with van der Waals surface area (Å²) in [5, 5.41) is 0. The van der Waals surface area contributed by atoms with Crippen LogP contribution in [0, 0.1) is 0 Å². The van der Waals surface area contributed by atoms with Gasteiger partial charge in [0.15, 0.2) is 0 Å². The summed E-state index contributed by atoms with van der Waals surface area (Å²) in [6.45, 7) is 13.3. The van der Waals surface area contributed by atoms with Gasteiger partial charge in [-0.05, 0) is 22.9 Å². The Kier molecular flexibility index (Phi) is 23.8. The van der Waals surface area contributed by atoms with Gasteiger partial charge in [-0.1, -0.05) is 119 Å². The molecule has 0 heterocycles. The molecule has 2 aliphatic rings. The zero-order valence-electron chi connectivity index (χ0n) is 24.1. The van der Waals surface area contributed by atoms with Crippen molar-refractivity contribution < 1.29 is 50.7 Å². The predicted molar refractivity (Wildman–Crippen MR) is 152 cm³/mol. The van der Waals surface area contributed by atoms with E-state index in [1.165, 1.54) is 46.2 Å². The van der Waals surface area contributed by atoms with Crippen molar-refractivity contribution in [2.75, 3.05) is 0 Å². The van der Waals surface area contributed by atoms with E-state index in [1.807, 2.05) is 0 Å². The maximum Gasteiger partial charge on any atom is 4.00 e. The van der Waals surface area contributed by atoms with Gasteiger partial charge in [-0.3, -0.25) is 0 Å². The molecule has 4 rings (SSSR count). The van der Waals surface area contributed by atoms with E-state index in [2.05, 4.69) is 77.9 Å². The summed E-state index contributed by atoms with van der Waals surface area (Å²) in [6.07, 6.45) is 17.9. The Balaban J connectivity index is 0. The van der Waals surface area contributed by atoms with Crippen LogP contribution >= 0.6 is 0 Å². The largest absolute Gasteiger partial charge is 4.00 e. The predicted octanol–water partition coefficient (Wildman–Crippen LogP) is 4.12. The van der Waals surface area contributed by atoms with E-state index in [-0.39, 0.29) is 50.7 Å². The molecule has 203 valence electrons. The molecule has 0 saturated heterocycles. The molecule has 2 fully saturated rings. The van der Waals surface area contributed by atoms with E-state index in [1.54, 1.807) is 51.4 Å². The fourth-order valence-corrected chi connectivity index (χ4v) is 7.71. The number of halogens is 2. The van der Waals surface area contributed by atoms with Gasteiger partial charge in [-0.25, -0.2) is 12.1 Å². The van der Waals surface area contributed by atoms with Crippen molar-refractivity contribution in [3.63, 3.8) is 0 Å². The van der Waals surface area contributed by atoms with Gasteiger partial charge in [0.25, 0.3) is 0 Å². The third kappa shape index (κ3) is 15.1. The van der Waals surface area contributed by atoms with Gasteiger partial charge in [0.1, 0.15) is 0 Å². The van der Waals surface area contributed by atoms with Gasteiger partial charge in [-0.15, -0.1) is 0 Å². The van der Waals surface area contributed by atoms with Crippen molar-refractivity contribution in [3.05, 3.63) is 58.7 Å². The van der Waals surface area contributed by atoms with Gasteiger partial charge in [0.2, 0.25) is 0 Å². The van der Waals surface area contributed by atoms with Gasteiger partial charge in [0, 0.05) is 9.52 Å². The van der Waals surface area contributed by atoms with Crippen LogP contribution in [-0.4, -0.2) is 9.52 Å². The van der Waals surface area contributed by atoms with Crippen LogP contribution in [-0.2, 0) is 38.7 Å². The van der Waals surface area contributed by atoms with E-state index in [0.717, 1.165) is 22.4 Å². The Morgan fingerprint density at radius 3 is 1.22 bits per heavy atom. The summed E-state index contributed by atoms with van der Waals surface area (Å²) in [5.41, 5.74) is 8.27. The van der Waals surface area contributed by atoms with Crippen molar-refractivity contribution in [1.29, 1.82) is 0 Å². The zero-order chi connectivity index (χ0) is 24.1. The SMILES string of the molecule is C1CCC([SiH]C2CCCCC2)CC1.CCc1c[cH-]c(C(C)C)c1.CCc1c[cH-]c(C(C)C)c1.[Cl-].[Cl-].[Hf+4]. The zero-order valence-corrected chi connectivity index (χ0v) is 30.4. The third-order valence-corrected chi connectivity index (χ3v) is 10.1. The molecule has 0 amide bonds. The number of hydrogen-bond donors (Lipinski definition) is 0. The second kappa shape index (κ2) is 22.2. The Morgan fingerprint density at radius 1 is 0.667 bits per heavy atom. The van der Waals surface area contributed by atoms with Crippen molar-refractivity contribution in [2.24, 2.45) is 0 Å². The summed E-state index contributed by atoms with van der Waals surface area (Å²) >= 11 is 0. The first kappa shape index (κ1) is 38.5. The molecule has 2 aromatic carbocycles. The molecule has 2 saturated carbocycles. The minimum atomic E-state index is 0. The molecule has 1 radical (unpaired) electrons. The van der Waals surface area contributed by atoms with Crippen molar-refractivity contribution in [1.82, 2.24) is 0 Å². The maximum absolute atomic E-state index is 2.30. The van der Waals surface area contributed by atoms with Crippen LogP contribution < -0.4 is 24.8 Å². The first-order chi connectivity index (χ1) is 15.9. The average molecular weight is 715 g/mol. The summed E-state index contributed by atoms with van der Waals surface area (Å²) < 4.78 is 0. The van der Waals surface area contributed by atoms with E-state index in [0.29, 0.717) is 11.8 Å². The van der Waals surface area contributed by atoms with Gasteiger partial charge < -0.3 is 24.8 Å². The average Bonchev–Trinajstić information content (AvgIpc) is 3.51. The molecule has 0 aromatic heterocycles. The molecule has 0 atom stereocenters. The van der Waals surface area contributed by atoms with E-state index in [4.69, 9.17) is 0 Å². The molecule has 0 aliphatic heterocycles. The van der Waals surface area contributed by atoms with Crippen LogP contribution in [0.4, 0.5) is 0 Å². The van der Waals surface area contributed by atoms with Crippen LogP contribution in [0.2, 0.25) is 11.1 Å². The number of hydrogen-bond acceptors (Lipinski definition) is 0.